The van der Waals surface area contributed by atoms with Gasteiger partial charge in [0.15, 0.2) is 0 Å². The number of hydrogen-bond donors (Lipinski definition) is 1. The Labute approximate surface area is 206 Å². The highest BCUT2D eigenvalue weighted by Crippen LogP contribution is 2.33. The molecule has 0 saturated carbocycles. The van der Waals surface area contributed by atoms with Gasteiger partial charge in [-0.15, -0.1) is 11.8 Å². The Morgan fingerprint density at radius 2 is 1.50 bits per heavy atom. The average molecular weight is 470 g/mol. The highest BCUT2D eigenvalue weighted by atomic mass is 32.2. The minimum atomic E-state index is 0.0743. The minimum Gasteiger partial charge on any atom is -0.475 e. The Bertz CT molecular complexity index is 1210. The van der Waals surface area contributed by atoms with Crippen LogP contribution in [0, 0.1) is 5.41 Å². The zero-order chi connectivity index (χ0) is 23.5. The summed E-state index contributed by atoms with van der Waals surface area (Å²) in [7, 11) is 0. The van der Waals surface area contributed by atoms with Gasteiger partial charge in [0, 0.05) is 17.0 Å². The average Bonchev–Trinajstić information content (AvgIpc) is 3.51. The Morgan fingerprint density at radius 1 is 0.853 bits per heavy atom. The molecule has 2 aliphatic rings. The predicted molar refractivity (Wildman–Crippen MR) is 145 cm³/mol. The number of thioether (sulfide) groups is 1. The summed E-state index contributed by atoms with van der Waals surface area (Å²) in [6.07, 6.45) is 0.974. The van der Waals surface area contributed by atoms with Gasteiger partial charge in [-0.25, -0.2) is 4.99 Å². The first-order valence-electron chi connectivity index (χ1n) is 11.9. The van der Waals surface area contributed by atoms with Crippen molar-refractivity contribution in [1.82, 2.24) is 0 Å². The lowest BCUT2D eigenvalue weighted by atomic mass is 9.88. The molecule has 5 heteroatoms. The van der Waals surface area contributed by atoms with Gasteiger partial charge in [0.1, 0.15) is 11.7 Å². The SMILES string of the molecule is CC(C)(C)[C@H]1COC(c2ccccc2Nc2ccccc2C2=N[C@@H](Cc3ccccc3)CS2)=N1. The van der Waals surface area contributed by atoms with Gasteiger partial charge < -0.3 is 10.1 Å². The summed E-state index contributed by atoms with van der Waals surface area (Å²) >= 11 is 1.84. The number of anilines is 2. The number of benzene rings is 3. The second-order valence-corrected chi connectivity index (χ2v) is 10.9. The molecule has 5 rings (SSSR count). The van der Waals surface area contributed by atoms with Gasteiger partial charge in [0.05, 0.1) is 23.3 Å². The van der Waals surface area contributed by atoms with Crippen LogP contribution < -0.4 is 5.32 Å². The van der Waals surface area contributed by atoms with Gasteiger partial charge in [-0.1, -0.05) is 81.4 Å². The fourth-order valence-corrected chi connectivity index (χ4v) is 5.32. The molecule has 34 heavy (non-hydrogen) atoms. The van der Waals surface area contributed by atoms with E-state index in [0.717, 1.165) is 45.6 Å². The highest BCUT2D eigenvalue weighted by molar-refractivity contribution is 8.14. The van der Waals surface area contributed by atoms with Crippen LogP contribution in [0.25, 0.3) is 0 Å². The van der Waals surface area contributed by atoms with Gasteiger partial charge in [-0.3, -0.25) is 4.99 Å². The lowest BCUT2D eigenvalue weighted by Crippen LogP contribution is -2.25. The summed E-state index contributed by atoms with van der Waals surface area (Å²) in [6.45, 7) is 7.25. The third kappa shape index (κ3) is 5.05. The first-order chi connectivity index (χ1) is 16.5. The maximum atomic E-state index is 6.04. The van der Waals surface area contributed by atoms with Crippen molar-refractivity contribution < 1.29 is 4.74 Å². The molecule has 4 nitrogen and oxygen atoms in total. The highest BCUT2D eigenvalue weighted by Gasteiger charge is 2.31. The van der Waals surface area contributed by atoms with Crippen molar-refractivity contribution in [2.24, 2.45) is 15.4 Å². The molecule has 1 N–H and O–H groups in total. The number of nitrogens with one attached hydrogen (secondary N) is 1. The molecule has 2 heterocycles. The summed E-state index contributed by atoms with van der Waals surface area (Å²) in [5.41, 5.74) is 5.58. The van der Waals surface area contributed by atoms with Crippen molar-refractivity contribution in [3.05, 3.63) is 95.6 Å². The van der Waals surface area contributed by atoms with E-state index in [2.05, 4.69) is 92.8 Å². The summed E-state index contributed by atoms with van der Waals surface area (Å²) in [6, 6.07) is 27.8. The van der Waals surface area contributed by atoms with E-state index in [1.807, 2.05) is 23.9 Å². The van der Waals surface area contributed by atoms with Crippen molar-refractivity contribution in [3.8, 4) is 0 Å². The number of para-hydroxylation sites is 2. The van der Waals surface area contributed by atoms with Crippen LogP contribution in [0.15, 0.2) is 88.8 Å². The first-order valence-corrected chi connectivity index (χ1v) is 12.9. The molecule has 0 amide bonds. The van der Waals surface area contributed by atoms with Crippen LogP contribution in [0.2, 0.25) is 0 Å². The zero-order valence-corrected chi connectivity index (χ0v) is 20.8. The van der Waals surface area contributed by atoms with Crippen molar-refractivity contribution in [2.45, 2.75) is 39.3 Å². The molecule has 0 aromatic heterocycles. The number of nitrogens with zero attached hydrogens (tertiary/aromatic N) is 2. The molecule has 0 radical (unpaired) electrons. The lowest BCUT2D eigenvalue weighted by molar-refractivity contribution is 0.236. The lowest BCUT2D eigenvalue weighted by Gasteiger charge is -2.21. The summed E-state index contributed by atoms with van der Waals surface area (Å²) in [5.74, 6) is 1.73. The summed E-state index contributed by atoms with van der Waals surface area (Å²) in [4.78, 5) is 9.99. The number of aliphatic imine (C=N–C) groups is 2. The fraction of sp³-hybridized carbons (Fsp3) is 0.310. The number of hydrogen-bond acceptors (Lipinski definition) is 5. The second kappa shape index (κ2) is 9.67. The molecule has 0 aliphatic carbocycles. The van der Waals surface area contributed by atoms with E-state index in [-0.39, 0.29) is 11.5 Å². The van der Waals surface area contributed by atoms with E-state index in [1.54, 1.807) is 0 Å². The summed E-state index contributed by atoms with van der Waals surface area (Å²) in [5, 5.41) is 4.76. The molecule has 0 unspecified atom stereocenters. The molecule has 2 atom stereocenters. The van der Waals surface area contributed by atoms with Crippen LogP contribution in [0.1, 0.15) is 37.5 Å². The molecule has 0 bridgehead atoms. The smallest absolute Gasteiger partial charge is 0.218 e. The standard InChI is InChI=1S/C29H31N3OS/c1-29(2,3)26-18-33-27(32-26)22-13-7-9-15-24(22)31-25-16-10-8-14-23(25)28-30-21(19-34-28)17-20-11-5-4-6-12-20/h4-16,21,26,31H,17-19H2,1-3H3/t21-,26+/m0/s1. The molecule has 3 aromatic rings. The van der Waals surface area contributed by atoms with Gasteiger partial charge in [-0.2, -0.15) is 0 Å². The molecular weight excluding hydrogens is 438 g/mol. The van der Waals surface area contributed by atoms with Crippen LogP contribution in [0.5, 0.6) is 0 Å². The Morgan fingerprint density at radius 3 is 2.21 bits per heavy atom. The second-order valence-electron chi connectivity index (χ2n) is 9.93. The normalized spacial score (nSPS) is 20.0. The molecule has 3 aromatic carbocycles. The van der Waals surface area contributed by atoms with E-state index in [1.165, 1.54) is 5.56 Å². The maximum Gasteiger partial charge on any atom is 0.218 e. The molecule has 174 valence electrons. The van der Waals surface area contributed by atoms with E-state index in [4.69, 9.17) is 14.7 Å². The molecule has 2 aliphatic heterocycles. The van der Waals surface area contributed by atoms with E-state index >= 15 is 0 Å². The third-order valence-electron chi connectivity index (χ3n) is 6.26. The van der Waals surface area contributed by atoms with E-state index in [0.29, 0.717) is 12.6 Å². The van der Waals surface area contributed by atoms with Crippen LogP contribution in [0.3, 0.4) is 0 Å². The van der Waals surface area contributed by atoms with Crippen LogP contribution in [-0.4, -0.2) is 35.4 Å². The monoisotopic (exact) mass is 469 g/mol. The third-order valence-corrected chi connectivity index (χ3v) is 7.41. The van der Waals surface area contributed by atoms with Crippen LogP contribution in [0.4, 0.5) is 11.4 Å². The van der Waals surface area contributed by atoms with Crippen molar-refractivity contribution >= 4 is 34.1 Å². The number of rotatable bonds is 6. The van der Waals surface area contributed by atoms with Gasteiger partial charge in [0.2, 0.25) is 5.90 Å². The molecule has 0 saturated heterocycles. The van der Waals surface area contributed by atoms with Crippen molar-refractivity contribution in [2.75, 3.05) is 17.7 Å². The minimum absolute atomic E-state index is 0.0743. The maximum absolute atomic E-state index is 6.04. The van der Waals surface area contributed by atoms with Crippen molar-refractivity contribution in [1.29, 1.82) is 0 Å². The quantitative estimate of drug-likeness (QED) is 0.435. The largest absolute Gasteiger partial charge is 0.475 e. The first kappa shape index (κ1) is 22.7. The van der Waals surface area contributed by atoms with Gasteiger partial charge in [0.25, 0.3) is 0 Å². The summed E-state index contributed by atoms with van der Waals surface area (Å²) < 4.78 is 6.04. The molecule has 0 fully saturated rings. The Kier molecular flexibility index (Phi) is 6.46. The Hall–Kier alpha value is -3.05. The molecule has 0 spiro atoms. The van der Waals surface area contributed by atoms with Crippen LogP contribution in [-0.2, 0) is 11.2 Å². The van der Waals surface area contributed by atoms with E-state index < -0.39 is 0 Å². The van der Waals surface area contributed by atoms with Gasteiger partial charge >= 0.3 is 0 Å². The Balaban J connectivity index is 1.39. The molecular formula is C29H31N3OS. The fourth-order valence-electron chi connectivity index (χ4n) is 4.22. The topological polar surface area (TPSA) is 46.0 Å². The zero-order valence-electron chi connectivity index (χ0n) is 20.0. The van der Waals surface area contributed by atoms with Crippen LogP contribution >= 0.6 is 11.8 Å². The van der Waals surface area contributed by atoms with Crippen molar-refractivity contribution in [3.63, 3.8) is 0 Å². The predicted octanol–water partition coefficient (Wildman–Crippen LogP) is 6.73. The van der Waals surface area contributed by atoms with Gasteiger partial charge in [-0.05, 0) is 35.6 Å². The number of ether oxygens (including phenoxy) is 1. The van der Waals surface area contributed by atoms with E-state index in [9.17, 15) is 0 Å².